The van der Waals surface area contributed by atoms with Crippen LogP contribution in [0.15, 0.2) is 77.8 Å². The molecule has 0 unspecified atom stereocenters. The van der Waals surface area contributed by atoms with Crippen LogP contribution in [0.2, 0.25) is 0 Å². The van der Waals surface area contributed by atoms with Crippen molar-refractivity contribution < 1.29 is 18.7 Å². The Morgan fingerprint density at radius 3 is 2.52 bits per heavy atom. The molecule has 0 atom stereocenters. The van der Waals surface area contributed by atoms with E-state index in [2.05, 4.69) is 5.32 Å². The maximum Gasteiger partial charge on any atom is 0.244 e. The Bertz CT molecular complexity index is 1160. The minimum Gasteiger partial charge on any atom is -0.497 e. The van der Waals surface area contributed by atoms with E-state index in [1.807, 2.05) is 18.2 Å². The summed E-state index contributed by atoms with van der Waals surface area (Å²) in [6, 6.07) is 20.3. The molecule has 0 saturated heterocycles. The number of fused-ring (bicyclic) bond motifs is 1. The highest BCUT2D eigenvalue weighted by molar-refractivity contribution is 6.19. The highest BCUT2D eigenvalue weighted by atomic mass is 19.1. The van der Waals surface area contributed by atoms with E-state index < -0.39 is 11.7 Å². The van der Waals surface area contributed by atoms with Gasteiger partial charge in [-0.05, 0) is 54.1 Å². The van der Waals surface area contributed by atoms with Crippen molar-refractivity contribution in [1.29, 1.82) is 0 Å². The third-order valence-electron chi connectivity index (χ3n) is 4.92. The lowest BCUT2D eigenvalue weighted by molar-refractivity contribution is -0.120. The zero-order chi connectivity index (χ0) is 21.8. The van der Waals surface area contributed by atoms with Crippen LogP contribution < -0.4 is 15.0 Å². The summed E-state index contributed by atoms with van der Waals surface area (Å²) >= 11 is 0. The number of halogens is 1. The predicted octanol–water partition coefficient (Wildman–Crippen LogP) is 4.33. The molecule has 1 aliphatic rings. The number of amides is 2. The van der Waals surface area contributed by atoms with Gasteiger partial charge in [-0.15, -0.1) is 0 Å². The van der Waals surface area contributed by atoms with Crippen molar-refractivity contribution in [2.24, 2.45) is 4.99 Å². The first-order valence-corrected chi connectivity index (χ1v) is 9.71. The molecular weight excluding hydrogens is 397 g/mol. The van der Waals surface area contributed by atoms with Crippen LogP contribution in [0.3, 0.4) is 0 Å². The topological polar surface area (TPSA) is 71.0 Å². The molecule has 0 aromatic heterocycles. The lowest BCUT2D eigenvalue weighted by atomic mass is 10.1. The highest BCUT2D eigenvalue weighted by Crippen LogP contribution is 2.33. The number of nitrogens with one attached hydrogen (secondary N) is 1. The summed E-state index contributed by atoms with van der Waals surface area (Å²) in [6.07, 6.45) is 0.0218. The molecule has 2 amide bonds. The Morgan fingerprint density at radius 1 is 1.06 bits per heavy atom. The summed E-state index contributed by atoms with van der Waals surface area (Å²) in [7, 11) is 1.59. The van der Waals surface area contributed by atoms with Gasteiger partial charge < -0.3 is 15.0 Å². The van der Waals surface area contributed by atoms with E-state index in [0.717, 1.165) is 5.56 Å². The van der Waals surface area contributed by atoms with Gasteiger partial charge in [-0.2, -0.15) is 0 Å². The first kappa shape index (κ1) is 20.3. The zero-order valence-electron chi connectivity index (χ0n) is 16.8. The Morgan fingerprint density at radius 2 is 1.77 bits per heavy atom. The first-order valence-electron chi connectivity index (χ1n) is 9.71. The number of benzene rings is 3. The number of para-hydroxylation sites is 3. The first-order chi connectivity index (χ1) is 15.0. The fourth-order valence-corrected chi connectivity index (χ4v) is 3.36. The Kier molecular flexibility index (Phi) is 5.75. The number of aliphatic imine (C=N–C) groups is 1. The van der Waals surface area contributed by atoms with Crippen molar-refractivity contribution in [1.82, 2.24) is 0 Å². The standard InChI is InChI=1S/C24H20FN3O3/c1-31-17-12-10-16(11-13-17)21-14-24(30)28(22-9-5-4-8-20(22)26-21)15-23(29)27-19-7-3-2-6-18(19)25/h2-13H,14-15H2,1H3,(H,27,29). The monoisotopic (exact) mass is 417 g/mol. The quantitative estimate of drug-likeness (QED) is 0.672. The average Bonchev–Trinajstić information content (AvgIpc) is 2.92. The molecule has 0 spiro atoms. The number of carbonyl (C=O) groups excluding carboxylic acids is 2. The molecule has 31 heavy (non-hydrogen) atoms. The van der Waals surface area contributed by atoms with Crippen molar-refractivity contribution in [3.05, 3.63) is 84.2 Å². The normalized spacial score (nSPS) is 13.2. The van der Waals surface area contributed by atoms with E-state index in [1.54, 1.807) is 43.5 Å². The second-order valence-electron chi connectivity index (χ2n) is 6.96. The van der Waals surface area contributed by atoms with Crippen molar-refractivity contribution in [3.8, 4) is 5.75 Å². The molecule has 3 aromatic carbocycles. The lowest BCUT2D eigenvalue weighted by Crippen LogP contribution is -2.38. The molecule has 1 N–H and O–H groups in total. The zero-order valence-corrected chi connectivity index (χ0v) is 16.8. The van der Waals surface area contributed by atoms with Crippen LogP contribution in [0.25, 0.3) is 0 Å². The maximum absolute atomic E-state index is 13.9. The molecule has 7 heteroatoms. The van der Waals surface area contributed by atoms with Gasteiger partial charge in [0, 0.05) is 0 Å². The number of carbonyl (C=O) groups is 2. The molecule has 0 saturated carbocycles. The third-order valence-corrected chi connectivity index (χ3v) is 4.92. The lowest BCUT2D eigenvalue weighted by Gasteiger charge is -2.22. The molecule has 6 nitrogen and oxygen atoms in total. The Labute approximate surface area is 179 Å². The Hall–Kier alpha value is -4.00. The molecule has 0 fully saturated rings. The van der Waals surface area contributed by atoms with Gasteiger partial charge in [-0.25, -0.2) is 4.39 Å². The molecule has 1 heterocycles. The van der Waals surface area contributed by atoms with E-state index in [0.29, 0.717) is 22.8 Å². The largest absolute Gasteiger partial charge is 0.497 e. The van der Waals surface area contributed by atoms with Crippen LogP contribution in [-0.4, -0.2) is 31.2 Å². The summed E-state index contributed by atoms with van der Waals surface area (Å²) in [5.41, 5.74) is 2.56. The minimum atomic E-state index is -0.538. The Balaban J connectivity index is 1.61. The van der Waals surface area contributed by atoms with E-state index in [9.17, 15) is 14.0 Å². The van der Waals surface area contributed by atoms with E-state index >= 15 is 0 Å². The third kappa shape index (κ3) is 4.45. The maximum atomic E-state index is 13.9. The number of methoxy groups -OCH3 is 1. The smallest absolute Gasteiger partial charge is 0.244 e. The van der Waals surface area contributed by atoms with Crippen molar-refractivity contribution in [2.75, 3.05) is 23.9 Å². The van der Waals surface area contributed by atoms with Crippen LogP contribution in [0, 0.1) is 5.82 Å². The van der Waals surface area contributed by atoms with E-state index in [1.165, 1.54) is 23.1 Å². The fraction of sp³-hybridized carbons (Fsp3) is 0.125. The number of hydrogen-bond acceptors (Lipinski definition) is 4. The predicted molar refractivity (Wildman–Crippen MR) is 118 cm³/mol. The van der Waals surface area contributed by atoms with Gasteiger partial charge in [-0.1, -0.05) is 24.3 Å². The van der Waals surface area contributed by atoms with E-state index in [-0.39, 0.29) is 24.6 Å². The molecule has 1 aliphatic heterocycles. The second kappa shape index (κ2) is 8.79. The average molecular weight is 417 g/mol. The van der Waals surface area contributed by atoms with Gasteiger partial charge >= 0.3 is 0 Å². The van der Waals surface area contributed by atoms with Gasteiger partial charge in [0.25, 0.3) is 0 Å². The summed E-state index contributed by atoms with van der Waals surface area (Å²) in [4.78, 5) is 31.8. The molecule has 4 rings (SSSR count). The van der Waals surface area contributed by atoms with Crippen LogP contribution in [0.4, 0.5) is 21.5 Å². The summed E-state index contributed by atoms with van der Waals surface area (Å²) in [6.45, 7) is -0.254. The van der Waals surface area contributed by atoms with Crippen LogP contribution >= 0.6 is 0 Å². The number of ether oxygens (including phenoxy) is 1. The van der Waals surface area contributed by atoms with Gasteiger partial charge in [0.15, 0.2) is 0 Å². The molecule has 0 aliphatic carbocycles. The van der Waals surface area contributed by atoms with Gasteiger partial charge in [-0.3, -0.25) is 14.6 Å². The molecule has 0 bridgehead atoms. The number of anilines is 2. The van der Waals surface area contributed by atoms with Gasteiger partial charge in [0.2, 0.25) is 11.8 Å². The molecule has 3 aromatic rings. The SMILES string of the molecule is COc1ccc(C2=Nc3ccccc3N(CC(=O)Nc3ccccc3F)C(=O)C2)cc1. The molecular formula is C24H20FN3O3. The summed E-state index contributed by atoms with van der Waals surface area (Å²) in [5, 5.41) is 2.53. The molecule has 0 radical (unpaired) electrons. The number of rotatable bonds is 5. The fourth-order valence-electron chi connectivity index (χ4n) is 3.36. The van der Waals surface area contributed by atoms with Crippen molar-refractivity contribution in [2.45, 2.75) is 6.42 Å². The van der Waals surface area contributed by atoms with Crippen LogP contribution in [0.5, 0.6) is 5.75 Å². The summed E-state index contributed by atoms with van der Waals surface area (Å²) < 4.78 is 19.1. The van der Waals surface area contributed by atoms with Gasteiger partial charge in [0.1, 0.15) is 18.1 Å². The highest BCUT2D eigenvalue weighted by Gasteiger charge is 2.26. The molecule has 156 valence electrons. The van der Waals surface area contributed by atoms with Gasteiger partial charge in [0.05, 0.1) is 36.3 Å². The van der Waals surface area contributed by atoms with Crippen molar-refractivity contribution in [3.63, 3.8) is 0 Å². The summed E-state index contributed by atoms with van der Waals surface area (Å²) in [5.74, 6) is -0.607. The van der Waals surface area contributed by atoms with Crippen molar-refractivity contribution >= 4 is 34.6 Å². The number of nitrogens with zero attached hydrogens (tertiary/aromatic N) is 2. The van der Waals surface area contributed by atoms with Crippen LogP contribution in [0.1, 0.15) is 12.0 Å². The minimum absolute atomic E-state index is 0.0218. The van der Waals surface area contributed by atoms with E-state index in [4.69, 9.17) is 9.73 Å². The number of hydrogen-bond donors (Lipinski definition) is 1. The van der Waals surface area contributed by atoms with Crippen LogP contribution in [-0.2, 0) is 9.59 Å². The second-order valence-corrected chi connectivity index (χ2v) is 6.96.